The summed E-state index contributed by atoms with van der Waals surface area (Å²) in [5.41, 5.74) is 1.26. The molecular weight excluding hydrogens is 346 g/mol. The molecule has 1 aromatic rings. The highest BCUT2D eigenvalue weighted by Gasteiger charge is 2.23. The maximum Gasteiger partial charge on any atom is 0.247 e. The number of rotatable bonds is 10. The SMILES string of the molecule is C/C(=C\[C@H](C(C)C)N(C)C(=O)CNC=O)C(=O)N[C@@H](CO)c1ccccc1. The second-order valence-electron chi connectivity index (χ2n) is 6.71. The van der Waals surface area contributed by atoms with Crippen molar-refractivity contribution in [2.45, 2.75) is 32.9 Å². The molecule has 0 aliphatic heterocycles. The van der Waals surface area contributed by atoms with Crippen molar-refractivity contribution in [2.75, 3.05) is 20.2 Å². The summed E-state index contributed by atoms with van der Waals surface area (Å²) in [5.74, 6) is -0.487. The fourth-order valence-corrected chi connectivity index (χ4v) is 2.70. The fourth-order valence-electron chi connectivity index (χ4n) is 2.70. The Hall–Kier alpha value is -2.67. The third-order valence-corrected chi connectivity index (χ3v) is 4.33. The zero-order chi connectivity index (χ0) is 20.4. The number of amides is 3. The first-order chi connectivity index (χ1) is 12.8. The van der Waals surface area contributed by atoms with Gasteiger partial charge in [0.1, 0.15) is 0 Å². The van der Waals surface area contributed by atoms with Gasteiger partial charge in [0.15, 0.2) is 0 Å². The Morgan fingerprint density at radius 2 is 1.85 bits per heavy atom. The first-order valence-corrected chi connectivity index (χ1v) is 8.89. The first kappa shape index (κ1) is 22.4. The summed E-state index contributed by atoms with van der Waals surface area (Å²) in [6.07, 6.45) is 2.21. The van der Waals surface area contributed by atoms with E-state index in [0.717, 1.165) is 5.56 Å². The Labute approximate surface area is 160 Å². The second kappa shape index (κ2) is 11.1. The van der Waals surface area contributed by atoms with E-state index in [1.54, 1.807) is 20.0 Å². The number of carbonyl (C=O) groups is 3. The number of aliphatic hydroxyl groups excluding tert-OH is 1. The zero-order valence-electron chi connectivity index (χ0n) is 16.3. The zero-order valence-corrected chi connectivity index (χ0v) is 16.3. The lowest BCUT2D eigenvalue weighted by atomic mass is 9.99. The number of nitrogens with one attached hydrogen (secondary N) is 2. The maximum absolute atomic E-state index is 12.6. The van der Waals surface area contributed by atoms with Crippen molar-refractivity contribution in [2.24, 2.45) is 5.92 Å². The summed E-state index contributed by atoms with van der Waals surface area (Å²) in [5, 5.41) is 14.8. The average Bonchev–Trinajstić information content (AvgIpc) is 2.67. The summed E-state index contributed by atoms with van der Waals surface area (Å²) in [7, 11) is 1.64. The molecule has 1 aromatic carbocycles. The highest BCUT2D eigenvalue weighted by Crippen LogP contribution is 2.16. The van der Waals surface area contributed by atoms with Crippen molar-refractivity contribution >= 4 is 18.2 Å². The van der Waals surface area contributed by atoms with Crippen LogP contribution in [-0.2, 0) is 14.4 Å². The van der Waals surface area contributed by atoms with Gasteiger partial charge in [0, 0.05) is 12.6 Å². The second-order valence-corrected chi connectivity index (χ2v) is 6.71. The molecule has 2 atom stereocenters. The largest absolute Gasteiger partial charge is 0.394 e. The summed E-state index contributed by atoms with van der Waals surface area (Å²) >= 11 is 0. The van der Waals surface area contributed by atoms with Crippen molar-refractivity contribution in [3.05, 3.63) is 47.5 Å². The molecule has 0 saturated carbocycles. The molecule has 0 heterocycles. The molecule has 1 rings (SSSR count). The lowest BCUT2D eigenvalue weighted by Crippen LogP contribution is -2.44. The van der Waals surface area contributed by atoms with Gasteiger partial charge in [0.05, 0.1) is 25.2 Å². The van der Waals surface area contributed by atoms with Gasteiger partial charge in [-0.05, 0) is 18.4 Å². The Morgan fingerprint density at radius 3 is 2.37 bits per heavy atom. The molecule has 0 aromatic heterocycles. The molecule has 27 heavy (non-hydrogen) atoms. The summed E-state index contributed by atoms with van der Waals surface area (Å²) < 4.78 is 0. The van der Waals surface area contributed by atoms with E-state index >= 15 is 0 Å². The van der Waals surface area contributed by atoms with Gasteiger partial charge < -0.3 is 20.6 Å². The Balaban J connectivity index is 2.89. The van der Waals surface area contributed by atoms with Crippen LogP contribution in [0.4, 0.5) is 0 Å². The van der Waals surface area contributed by atoms with E-state index < -0.39 is 6.04 Å². The number of nitrogens with zero attached hydrogens (tertiary/aromatic N) is 1. The molecule has 0 spiro atoms. The van der Waals surface area contributed by atoms with E-state index in [1.807, 2.05) is 44.2 Å². The van der Waals surface area contributed by atoms with Crippen LogP contribution in [0.15, 0.2) is 42.0 Å². The Kier molecular flexibility index (Phi) is 9.22. The molecule has 0 saturated heterocycles. The molecule has 148 valence electrons. The van der Waals surface area contributed by atoms with E-state index in [-0.39, 0.29) is 36.9 Å². The van der Waals surface area contributed by atoms with Crippen LogP contribution in [0, 0.1) is 5.92 Å². The molecule has 7 heteroatoms. The van der Waals surface area contributed by atoms with Crippen LogP contribution in [-0.4, -0.2) is 54.5 Å². The van der Waals surface area contributed by atoms with Gasteiger partial charge in [-0.1, -0.05) is 50.3 Å². The third-order valence-electron chi connectivity index (χ3n) is 4.33. The monoisotopic (exact) mass is 375 g/mol. The smallest absolute Gasteiger partial charge is 0.247 e. The van der Waals surface area contributed by atoms with Crippen molar-refractivity contribution in [3.8, 4) is 0 Å². The van der Waals surface area contributed by atoms with Crippen LogP contribution in [0.25, 0.3) is 0 Å². The van der Waals surface area contributed by atoms with Crippen molar-refractivity contribution < 1.29 is 19.5 Å². The van der Waals surface area contributed by atoms with Crippen molar-refractivity contribution in [1.29, 1.82) is 0 Å². The van der Waals surface area contributed by atoms with Crippen LogP contribution >= 0.6 is 0 Å². The van der Waals surface area contributed by atoms with E-state index in [2.05, 4.69) is 10.6 Å². The van der Waals surface area contributed by atoms with Crippen LogP contribution in [0.1, 0.15) is 32.4 Å². The van der Waals surface area contributed by atoms with Gasteiger partial charge in [-0.2, -0.15) is 0 Å². The predicted octanol–water partition coefficient (Wildman–Crippen LogP) is 1.01. The van der Waals surface area contributed by atoms with Crippen molar-refractivity contribution in [3.63, 3.8) is 0 Å². The fraction of sp³-hybridized carbons (Fsp3) is 0.450. The Morgan fingerprint density at radius 1 is 1.22 bits per heavy atom. The van der Waals surface area contributed by atoms with E-state index in [4.69, 9.17) is 0 Å². The van der Waals surface area contributed by atoms with Gasteiger partial charge in [0.2, 0.25) is 18.2 Å². The van der Waals surface area contributed by atoms with Gasteiger partial charge in [-0.25, -0.2) is 0 Å². The van der Waals surface area contributed by atoms with E-state index in [9.17, 15) is 19.5 Å². The van der Waals surface area contributed by atoms with Gasteiger partial charge in [0.25, 0.3) is 0 Å². The number of hydrogen-bond acceptors (Lipinski definition) is 4. The normalized spacial score (nSPS) is 13.6. The molecular formula is C20H29N3O4. The number of carbonyl (C=O) groups excluding carboxylic acids is 3. The summed E-state index contributed by atoms with van der Waals surface area (Å²) in [6, 6.07) is 8.42. The van der Waals surface area contributed by atoms with Crippen LogP contribution < -0.4 is 10.6 Å². The molecule has 0 unspecified atom stereocenters. The van der Waals surface area contributed by atoms with E-state index in [1.165, 1.54) is 4.90 Å². The van der Waals surface area contributed by atoms with Gasteiger partial charge in [-0.3, -0.25) is 14.4 Å². The summed E-state index contributed by atoms with van der Waals surface area (Å²) in [6.45, 7) is 5.26. The molecule has 3 N–H and O–H groups in total. The molecule has 0 radical (unpaired) electrons. The molecule has 0 aliphatic carbocycles. The average molecular weight is 375 g/mol. The molecule has 0 aliphatic rings. The molecule has 0 bridgehead atoms. The number of likely N-dealkylation sites (N-methyl/N-ethyl adjacent to an activating group) is 1. The highest BCUT2D eigenvalue weighted by molar-refractivity contribution is 5.93. The minimum atomic E-state index is -0.504. The predicted molar refractivity (Wildman–Crippen MR) is 104 cm³/mol. The summed E-state index contributed by atoms with van der Waals surface area (Å²) in [4.78, 5) is 36.6. The number of hydrogen-bond donors (Lipinski definition) is 3. The molecule has 3 amide bonds. The van der Waals surface area contributed by atoms with Crippen LogP contribution in [0.3, 0.4) is 0 Å². The minimum Gasteiger partial charge on any atom is -0.394 e. The number of aliphatic hydroxyl groups is 1. The van der Waals surface area contributed by atoms with E-state index in [0.29, 0.717) is 12.0 Å². The molecule has 7 nitrogen and oxygen atoms in total. The van der Waals surface area contributed by atoms with Crippen LogP contribution in [0.2, 0.25) is 0 Å². The standard InChI is InChI=1S/C20H29N3O4/c1-14(2)18(23(4)19(26)11-21-13-25)10-15(3)20(27)22-17(12-24)16-8-6-5-7-9-16/h5-10,13-14,17-18,24H,11-12H2,1-4H3,(H,21,25)(H,22,27)/b15-10+/t17-,18+/m0/s1. The van der Waals surface area contributed by atoms with Crippen molar-refractivity contribution in [1.82, 2.24) is 15.5 Å². The topological polar surface area (TPSA) is 98.7 Å². The Bertz CT molecular complexity index is 658. The maximum atomic E-state index is 12.6. The van der Waals surface area contributed by atoms with Gasteiger partial charge >= 0.3 is 0 Å². The lowest BCUT2D eigenvalue weighted by molar-refractivity contribution is -0.132. The number of benzene rings is 1. The first-order valence-electron chi connectivity index (χ1n) is 8.89. The third kappa shape index (κ3) is 6.86. The quantitative estimate of drug-likeness (QED) is 0.420. The highest BCUT2D eigenvalue weighted by atomic mass is 16.3. The van der Waals surface area contributed by atoms with Gasteiger partial charge in [-0.15, -0.1) is 0 Å². The minimum absolute atomic E-state index is 0.0701. The molecule has 0 fully saturated rings. The lowest BCUT2D eigenvalue weighted by Gasteiger charge is -2.29. The van der Waals surface area contributed by atoms with Crippen LogP contribution in [0.5, 0.6) is 0 Å².